The number of hydrogen-bond acceptors (Lipinski definition) is 4. The number of hydrogen-bond donors (Lipinski definition) is 1. The predicted molar refractivity (Wildman–Crippen MR) is 153 cm³/mol. The Morgan fingerprint density at radius 1 is 0.892 bits per heavy atom. The van der Waals surface area contributed by atoms with Crippen LogP contribution in [-0.2, 0) is 28.3 Å². The van der Waals surface area contributed by atoms with E-state index >= 15 is 0 Å². The van der Waals surface area contributed by atoms with Crippen molar-refractivity contribution in [3.05, 3.63) is 101 Å². The average Bonchev–Trinajstić information content (AvgIpc) is 2.91. The first-order valence-corrected chi connectivity index (χ1v) is 13.9. The Hall–Kier alpha value is -3.25. The van der Waals surface area contributed by atoms with Crippen LogP contribution in [0.3, 0.4) is 0 Å². The second kappa shape index (κ2) is 14.5. The Morgan fingerprint density at radius 2 is 1.54 bits per heavy atom. The summed E-state index contributed by atoms with van der Waals surface area (Å²) in [6.07, 6.45) is 0.464. The summed E-state index contributed by atoms with van der Waals surface area (Å²) in [6, 6.07) is 25.3. The second-order valence-electron chi connectivity index (χ2n) is 9.69. The SMILES string of the molecule is COc1ccc(CSCC(=O)N(Cc2ccc(C)cc2)[C@@H](Cc2ccccc2)C(=O)NCC(C)C)cc1. The average molecular weight is 519 g/mol. The lowest BCUT2D eigenvalue weighted by Gasteiger charge is -2.32. The molecule has 0 aromatic heterocycles. The van der Waals surface area contributed by atoms with Gasteiger partial charge in [0.25, 0.3) is 0 Å². The van der Waals surface area contributed by atoms with Crippen LogP contribution in [0.15, 0.2) is 78.9 Å². The molecule has 0 aliphatic heterocycles. The molecule has 2 amide bonds. The minimum absolute atomic E-state index is 0.0419. The molecule has 1 atom stereocenters. The molecular formula is C31H38N2O3S. The molecule has 5 nitrogen and oxygen atoms in total. The summed E-state index contributed by atoms with van der Waals surface area (Å²) in [5.74, 6) is 1.98. The number of carbonyl (C=O) groups is 2. The molecule has 0 aliphatic carbocycles. The fourth-order valence-electron chi connectivity index (χ4n) is 3.93. The highest BCUT2D eigenvalue weighted by molar-refractivity contribution is 7.99. The molecular weight excluding hydrogens is 480 g/mol. The van der Waals surface area contributed by atoms with Gasteiger partial charge < -0.3 is 15.0 Å². The fourth-order valence-corrected chi connectivity index (χ4v) is 4.80. The number of benzene rings is 3. The van der Waals surface area contributed by atoms with Gasteiger partial charge in [-0.3, -0.25) is 9.59 Å². The maximum atomic E-state index is 13.7. The highest BCUT2D eigenvalue weighted by Crippen LogP contribution is 2.20. The normalized spacial score (nSPS) is 11.7. The van der Waals surface area contributed by atoms with Crippen LogP contribution >= 0.6 is 11.8 Å². The molecule has 1 N–H and O–H groups in total. The summed E-state index contributed by atoms with van der Waals surface area (Å²) in [7, 11) is 1.65. The van der Waals surface area contributed by atoms with Crippen molar-refractivity contribution in [2.75, 3.05) is 19.4 Å². The minimum atomic E-state index is -0.600. The third-order valence-corrected chi connectivity index (χ3v) is 7.07. The summed E-state index contributed by atoms with van der Waals surface area (Å²) in [6.45, 7) is 7.13. The van der Waals surface area contributed by atoms with Crippen molar-refractivity contribution < 1.29 is 14.3 Å². The highest BCUT2D eigenvalue weighted by atomic mass is 32.2. The number of nitrogens with zero attached hydrogens (tertiary/aromatic N) is 1. The molecule has 0 bridgehead atoms. The van der Waals surface area contributed by atoms with E-state index in [1.807, 2.05) is 85.8 Å². The fraction of sp³-hybridized carbons (Fsp3) is 0.355. The van der Waals surface area contributed by atoms with Gasteiger partial charge in [-0.1, -0.05) is 86.1 Å². The van der Waals surface area contributed by atoms with E-state index < -0.39 is 6.04 Å². The van der Waals surface area contributed by atoms with E-state index in [1.165, 1.54) is 0 Å². The van der Waals surface area contributed by atoms with E-state index in [0.29, 0.717) is 36.9 Å². The van der Waals surface area contributed by atoms with Crippen molar-refractivity contribution in [2.24, 2.45) is 5.92 Å². The molecule has 3 aromatic rings. The number of amides is 2. The summed E-state index contributed by atoms with van der Waals surface area (Å²) in [4.78, 5) is 28.9. The Kier molecular flexibility index (Phi) is 11.1. The first kappa shape index (κ1) is 28.3. The molecule has 37 heavy (non-hydrogen) atoms. The van der Waals surface area contributed by atoms with Gasteiger partial charge in [0, 0.05) is 25.3 Å². The van der Waals surface area contributed by atoms with Gasteiger partial charge >= 0.3 is 0 Å². The zero-order valence-electron chi connectivity index (χ0n) is 22.3. The Morgan fingerprint density at radius 3 is 2.16 bits per heavy atom. The van der Waals surface area contributed by atoms with Crippen molar-refractivity contribution >= 4 is 23.6 Å². The van der Waals surface area contributed by atoms with E-state index in [4.69, 9.17) is 4.74 Å². The number of nitrogens with one attached hydrogen (secondary N) is 1. The zero-order chi connectivity index (χ0) is 26.6. The minimum Gasteiger partial charge on any atom is -0.497 e. The van der Waals surface area contributed by atoms with Crippen LogP contribution in [0.1, 0.15) is 36.1 Å². The van der Waals surface area contributed by atoms with E-state index in [0.717, 1.165) is 28.0 Å². The lowest BCUT2D eigenvalue weighted by molar-refractivity contribution is -0.139. The molecule has 3 rings (SSSR count). The third kappa shape index (κ3) is 9.29. The van der Waals surface area contributed by atoms with Gasteiger partial charge in [0.2, 0.25) is 11.8 Å². The van der Waals surface area contributed by atoms with E-state index in [-0.39, 0.29) is 11.8 Å². The number of methoxy groups -OCH3 is 1. The van der Waals surface area contributed by atoms with Crippen LogP contribution in [0.5, 0.6) is 5.75 Å². The molecule has 0 fully saturated rings. The topological polar surface area (TPSA) is 58.6 Å². The highest BCUT2D eigenvalue weighted by Gasteiger charge is 2.30. The van der Waals surface area contributed by atoms with Crippen molar-refractivity contribution in [3.8, 4) is 5.75 Å². The van der Waals surface area contributed by atoms with E-state index in [1.54, 1.807) is 23.8 Å². The van der Waals surface area contributed by atoms with Gasteiger partial charge in [0.15, 0.2) is 0 Å². The van der Waals surface area contributed by atoms with Crippen molar-refractivity contribution in [2.45, 2.75) is 45.5 Å². The summed E-state index contributed by atoms with van der Waals surface area (Å²) in [5, 5.41) is 3.07. The lowest BCUT2D eigenvalue weighted by Crippen LogP contribution is -2.51. The molecule has 0 saturated carbocycles. The maximum Gasteiger partial charge on any atom is 0.243 e. The molecule has 0 unspecified atom stereocenters. The van der Waals surface area contributed by atoms with Crippen molar-refractivity contribution in [1.82, 2.24) is 10.2 Å². The number of ether oxygens (including phenoxy) is 1. The standard InChI is InChI=1S/C31H38N2O3S/c1-23(2)19-32-31(35)29(18-25-8-6-5-7-9-25)33(20-26-12-10-24(3)11-13-26)30(34)22-37-21-27-14-16-28(36-4)17-15-27/h5-17,23,29H,18-22H2,1-4H3,(H,32,35)/t29-/m0/s1. The molecule has 0 heterocycles. The molecule has 3 aromatic carbocycles. The number of carbonyl (C=O) groups excluding carboxylic acids is 2. The van der Waals surface area contributed by atoms with Crippen LogP contribution in [0, 0.1) is 12.8 Å². The van der Waals surface area contributed by atoms with Crippen LogP contribution in [-0.4, -0.2) is 42.2 Å². The van der Waals surface area contributed by atoms with Gasteiger partial charge in [0.05, 0.1) is 12.9 Å². The number of rotatable bonds is 13. The molecule has 0 aliphatic rings. The number of thioether (sulfide) groups is 1. The smallest absolute Gasteiger partial charge is 0.243 e. The maximum absolute atomic E-state index is 13.7. The third-order valence-electron chi connectivity index (χ3n) is 6.08. The van der Waals surface area contributed by atoms with Crippen LogP contribution in [0.4, 0.5) is 0 Å². The van der Waals surface area contributed by atoms with Gasteiger partial charge in [0.1, 0.15) is 11.8 Å². The molecule has 0 radical (unpaired) electrons. The monoisotopic (exact) mass is 518 g/mol. The number of aryl methyl sites for hydroxylation is 1. The van der Waals surface area contributed by atoms with Crippen LogP contribution in [0.25, 0.3) is 0 Å². The van der Waals surface area contributed by atoms with Gasteiger partial charge in [-0.15, -0.1) is 11.8 Å². The lowest BCUT2D eigenvalue weighted by atomic mass is 10.0. The van der Waals surface area contributed by atoms with E-state index in [9.17, 15) is 9.59 Å². The first-order valence-electron chi connectivity index (χ1n) is 12.7. The zero-order valence-corrected chi connectivity index (χ0v) is 23.1. The van der Waals surface area contributed by atoms with Crippen molar-refractivity contribution in [3.63, 3.8) is 0 Å². The summed E-state index contributed by atoms with van der Waals surface area (Å²) < 4.78 is 5.23. The van der Waals surface area contributed by atoms with Gasteiger partial charge in [-0.05, 0) is 41.7 Å². The largest absolute Gasteiger partial charge is 0.497 e. The van der Waals surface area contributed by atoms with Gasteiger partial charge in [-0.2, -0.15) is 0 Å². The second-order valence-corrected chi connectivity index (χ2v) is 10.7. The predicted octanol–water partition coefficient (Wildman–Crippen LogP) is 5.65. The molecule has 6 heteroatoms. The van der Waals surface area contributed by atoms with E-state index in [2.05, 4.69) is 19.2 Å². The van der Waals surface area contributed by atoms with Gasteiger partial charge in [-0.25, -0.2) is 0 Å². The van der Waals surface area contributed by atoms with Crippen molar-refractivity contribution in [1.29, 1.82) is 0 Å². The van der Waals surface area contributed by atoms with Crippen LogP contribution in [0.2, 0.25) is 0 Å². The molecule has 0 saturated heterocycles. The van der Waals surface area contributed by atoms with Crippen LogP contribution < -0.4 is 10.1 Å². The summed E-state index contributed by atoms with van der Waals surface area (Å²) in [5.41, 5.74) is 4.32. The Labute approximate surface area is 225 Å². The Balaban J connectivity index is 1.81. The quantitative estimate of drug-likeness (QED) is 0.318. The Bertz CT molecular complexity index is 1120. The molecule has 0 spiro atoms. The molecule has 196 valence electrons. The summed E-state index contributed by atoms with van der Waals surface area (Å²) >= 11 is 1.56. The first-order chi connectivity index (χ1) is 17.9.